The van der Waals surface area contributed by atoms with Gasteiger partial charge in [-0.15, -0.1) is 11.3 Å². The van der Waals surface area contributed by atoms with Gasteiger partial charge >= 0.3 is 0 Å². The number of nitrogens with one attached hydrogen (secondary N) is 1. The average Bonchev–Trinajstić information content (AvgIpc) is 2.70. The van der Waals surface area contributed by atoms with Crippen LogP contribution in [0.25, 0.3) is 0 Å². The molecule has 1 amide bonds. The first-order chi connectivity index (χ1) is 8.06. The third-order valence-electron chi connectivity index (χ3n) is 1.93. The lowest BCUT2D eigenvalue weighted by molar-refractivity contribution is 0.102. The predicted octanol–water partition coefficient (Wildman–Crippen LogP) is 3.39. The molecule has 0 aliphatic rings. The van der Waals surface area contributed by atoms with Crippen LogP contribution in [0, 0.1) is 0 Å². The number of carbonyl (C=O) groups is 1. The summed E-state index contributed by atoms with van der Waals surface area (Å²) in [6.07, 6.45) is 0. The Morgan fingerprint density at radius 1 is 1.53 bits per heavy atom. The van der Waals surface area contributed by atoms with E-state index in [-0.39, 0.29) is 11.6 Å². The van der Waals surface area contributed by atoms with Crippen molar-refractivity contribution >= 4 is 55.6 Å². The van der Waals surface area contributed by atoms with Crippen LogP contribution >= 0.6 is 38.9 Å². The lowest BCUT2D eigenvalue weighted by atomic mass is 10.3. The number of hydrogen-bond acceptors (Lipinski definition) is 4. The highest BCUT2D eigenvalue weighted by molar-refractivity contribution is 9.10. The number of amides is 1. The van der Waals surface area contributed by atoms with Gasteiger partial charge < -0.3 is 11.1 Å². The summed E-state index contributed by atoms with van der Waals surface area (Å²) >= 11 is 10.5. The number of thiazole rings is 1. The van der Waals surface area contributed by atoms with Crippen LogP contribution in [-0.2, 0) is 0 Å². The fourth-order valence-electron chi connectivity index (χ4n) is 1.17. The van der Waals surface area contributed by atoms with Crippen LogP contribution in [0.2, 0.25) is 5.02 Å². The number of nitrogen functional groups attached to an aromatic ring is 1. The highest BCUT2D eigenvalue weighted by Gasteiger charge is 2.11. The Bertz CT molecular complexity index is 572. The lowest BCUT2D eigenvalue weighted by Crippen LogP contribution is -2.12. The maximum Gasteiger partial charge on any atom is 0.275 e. The van der Waals surface area contributed by atoms with Crippen LogP contribution in [0.5, 0.6) is 0 Å². The summed E-state index contributed by atoms with van der Waals surface area (Å²) in [6, 6.07) is 5.20. The number of carbonyl (C=O) groups excluding carboxylic acids is 1. The molecule has 2 rings (SSSR count). The Labute approximate surface area is 115 Å². The molecule has 0 bridgehead atoms. The summed E-state index contributed by atoms with van der Waals surface area (Å²) in [5, 5.41) is 5.08. The van der Waals surface area contributed by atoms with E-state index in [0.717, 1.165) is 4.47 Å². The third kappa shape index (κ3) is 2.96. The number of hydrogen-bond donors (Lipinski definition) is 2. The normalized spacial score (nSPS) is 10.2. The van der Waals surface area contributed by atoms with Gasteiger partial charge in [0, 0.05) is 9.85 Å². The van der Waals surface area contributed by atoms with Gasteiger partial charge in [-0.1, -0.05) is 27.5 Å². The Kier molecular flexibility index (Phi) is 3.66. The fourth-order valence-corrected chi connectivity index (χ4v) is 2.24. The van der Waals surface area contributed by atoms with Crippen molar-refractivity contribution in [1.29, 1.82) is 0 Å². The molecule has 1 aromatic heterocycles. The molecular formula is C10H7BrClN3OS. The predicted molar refractivity (Wildman–Crippen MR) is 73.6 cm³/mol. The maximum absolute atomic E-state index is 11.8. The van der Waals surface area contributed by atoms with Crippen molar-refractivity contribution in [2.75, 3.05) is 11.1 Å². The first-order valence-corrected chi connectivity index (χ1v) is 6.59. The Balaban J connectivity index is 2.21. The summed E-state index contributed by atoms with van der Waals surface area (Å²) in [5.74, 6) is -0.335. The van der Waals surface area contributed by atoms with Gasteiger partial charge in [0.05, 0.1) is 10.7 Å². The van der Waals surface area contributed by atoms with Crippen molar-refractivity contribution in [3.8, 4) is 0 Å². The molecule has 4 nitrogen and oxygen atoms in total. The molecule has 0 spiro atoms. The monoisotopic (exact) mass is 331 g/mol. The first kappa shape index (κ1) is 12.3. The maximum atomic E-state index is 11.8. The summed E-state index contributed by atoms with van der Waals surface area (Å²) in [5.41, 5.74) is 6.26. The van der Waals surface area contributed by atoms with E-state index in [4.69, 9.17) is 17.3 Å². The van der Waals surface area contributed by atoms with Crippen molar-refractivity contribution < 1.29 is 4.79 Å². The number of halogens is 2. The van der Waals surface area contributed by atoms with Crippen LogP contribution in [-0.4, -0.2) is 10.9 Å². The molecule has 7 heteroatoms. The SMILES string of the molecule is Nc1nc(C(=O)Nc2cc(Br)ccc2Cl)cs1. The van der Waals surface area contributed by atoms with E-state index in [2.05, 4.69) is 26.2 Å². The van der Waals surface area contributed by atoms with Gasteiger partial charge in [-0.05, 0) is 18.2 Å². The van der Waals surface area contributed by atoms with Crippen molar-refractivity contribution in [3.63, 3.8) is 0 Å². The zero-order chi connectivity index (χ0) is 12.4. The van der Waals surface area contributed by atoms with Gasteiger partial charge in [-0.2, -0.15) is 0 Å². The quantitative estimate of drug-likeness (QED) is 0.885. The van der Waals surface area contributed by atoms with Crippen LogP contribution in [0.1, 0.15) is 10.5 Å². The number of nitrogens with zero attached hydrogens (tertiary/aromatic N) is 1. The lowest BCUT2D eigenvalue weighted by Gasteiger charge is -2.05. The molecular weight excluding hydrogens is 326 g/mol. The summed E-state index contributed by atoms with van der Waals surface area (Å²) in [4.78, 5) is 15.7. The number of anilines is 2. The van der Waals surface area contributed by atoms with Crippen molar-refractivity contribution in [3.05, 3.63) is 38.8 Å². The van der Waals surface area contributed by atoms with E-state index in [1.54, 1.807) is 23.6 Å². The van der Waals surface area contributed by atoms with Gasteiger partial charge in [0.15, 0.2) is 5.13 Å². The zero-order valence-electron chi connectivity index (χ0n) is 8.41. The van der Waals surface area contributed by atoms with Crippen LogP contribution < -0.4 is 11.1 Å². The van der Waals surface area contributed by atoms with Crippen molar-refractivity contribution in [1.82, 2.24) is 4.98 Å². The van der Waals surface area contributed by atoms with E-state index in [1.807, 2.05) is 0 Å². The van der Waals surface area contributed by atoms with Crippen LogP contribution in [0.3, 0.4) is 0 Å². The molecule has 88 valence electrons. The topological polar surface area (TPSA) is 68.0 Å². The highest BCUT2D eigenvalue weighted by atomic mass is 79.9. The van der Waals surface area contributed by atoms with Gasteiger partial charge in [0.2, 0.25) is 0 Å². The molecule has 0 fully saturated rings. The molecule has 2 aromatic rings. The van der Waals surface area contributed by atoms with Crippen LogP contribution in [0.15, 0.2) is 28.1 Å². The minimum absolute atomic E-state index is 0.281. The van der Waals surface area contributed by atoms with Gasteiger partial charge in [-0.3, -0.25) is 4.79 Å². The third-order valence-corrected chi connectivity index (χ3v) is 3.43. The molecule has 0 saturated heterocycles. The molecule has 0 radical (unpaired) electrons. The fraction of sp³-hybridized carbons (Fsp3) is 0. The molecule has 17 heavy (non-hydrogen) atoms. The Morgan fingerprint density at radius 2 is 2.29 bits per heavy atom. The van der Waals surface area contributed by atoms with Crippen molar-refractivity contribution in [2.24, 2.45) is 0 Å². The van der Waals surface area contributed by atoms with Crippen LogP contribution in [0.4, 0.5) is 10.8 Å². The smallest absolute Gasteiger partial charge is 0.275 e. The number of rotatable bonds is 2. The van der Waals surface area contributed by atoms with E-state index < -0.39 is 0 Å². The molecule has 3 N–H and O–H groups in total. The van der Waals surface area contributed by atoms with Gasteiger partial charge in [-0.25, -0.2) is 4.98 Å². The number of nitrogens with two attached hydrogens (primary N) is 1. The molecule has 0 aliphatic heterocycles. The Hall–Kier alpha value is -1.11. The van der Waals surface area contributed by atoms with E-state index in [9.17, 15) is 4.79 Å². The van der Waals surface area contributed by atoms with E-state index in [0.29, 0.717) is 15.8 Å². The summed E-state index contributed by atoms with van der Waals surface area (Å²) in [6.45, 7) is 0. The largest absolute Gasteiger partial charge is 0.375 e. The average molecular weight is 333 g/mol. The number of benzene rings is 1. The van der Waals surface area contributed by atoms with Gasteiger partial charge in [0.25, 0.3) is 5.91 Å². The second kappa shape index (κ2) is 5.03. The van der Waals surface area contributed by atoms with Gasteiger partial charge in [0.1, 0.15) is 5.69 Å². The number of aromatic nitrogens is 1. The second-order valence-electron chi connectivity index (χ2n) is 3.15. The molecule has 0 atom stereocenters. The molecule has 1 heterocycles. The molecule has 0 unspecified atom stereocenters. The minimum Gasteiger partial charge on any atom is -0.375 e. The molecule has 0 aliphatic carbocycles. The summed E-state index contributed by atoms with van der Waals surface area (Å²) in [7, 11) is 0. The standard InChI is InChI=1S/C10H7BrClN3OS/c11-5-1-2-6(12)7(3-5)14-9(16)8-4-17-10(13)15-8/h1-4H,(H2,13,15)(H,14,16). The summed E-state index contributed by atoms with van der Waals surface area (Å²) < 4.78 is 0.829. The van der Waals surface area contributed by atoms with E-state index >= 15 is 0 Å². The molecule has 0 saturated carbocycles. The minimum atomic E-state index is -0.335. The molecule has 1 aromatic carbocycles. The van der Waals surface area contributed by atoms with E-state index in [1.165, 1.54) is 11.3 Å². The van der Waals surface area contributed by atoms with Crippen molar-refractivity contribution in [2.45, 2.75) is 0 Å². The zero-order valence-corrected chi connectivity index (χ0v) is 11.6. The Morgan fingerprint density at radius 3 is 2.94 bits per heavy atom. The second-order valence-corrected chi connectivity index (χ2v) is 5.36. The first-order valence-electron chi connectivity index (χ1n) is 4.53. The highest BCUT2D eigenvalue weighted by Crippen LogP contribution is 2.26.